The maximum atomic E-state index is 9.21. The molecule has 0 fully saturated rings. The van der Waals surface area contributed by atoms with Crippen LogP contribution in [-0.2, 0) is 0 Å². The van der Waals surface area contributed by atoms with E-state index in [0.29, 0.717) is 6.42 Å². The maximum Gasteiger partial charge on any atom is 0.0767 e. The second kappa shape index (κ2) is 2.46. The summed E-state index contributed by atoms with van der Waals surface area (Å²) < 4.78 is 0. The van der Waals surface area contributed by atoms with Crippen molar-refractivity contribution in [2.45, 2.75) is 31.9 Å². The summed E-state index contributed by atoms with van der Waals surface area (Å²) in [5.74, 6) is 0. The van der Waals surface area contributed by atoms with Crippen LogP contribution in [0.15, 0.2) is 0 Å². The highest BCUT2D eigenvalue weighted by Crippen LogP contribution is 2.10. The smallest absolute Gasteiger partial charge is 0.0767 e. The molecule has 0 aromatic heterocycles. The molecule has 0 amide bonds. The average molecular weight is 116 g/mol. The van der Waals surface area contributed by atoms with E-state index in [2.05, 4.69) is 6.92 Å². The first-order chi connectivity index (χ1) is 3.50. The van der Waals surface area contributed by atoms with Crippen LogP contribution >= 0.6 is 0 Å². The van der Waals surface area contributed by atoms with E-state index in [1.807, 2.05) is 0 Å². The molecule has 0 rings (SSSR count). The van der Waals surface area contributed by atoms with E-state index < -0.39 is 5.60 Å². The molecule has 2 atom stereocenters. The third-order valence-corrected chi connectivity index (χ3v) is 1.49. The maximum absolute atomic E-state index is 9.21. The number of aliphatic hydroxyl groups is 1. The molecule has 3 N–H and O–H groups in total. The highest BCUT2D eigenvalue weighted by Gasteiger charge is 2.21. The van der Waals surface area contributed by atoms with E-state index in [9.17, 15) is 5.11 Å². The van der Waals surface area contributed by atoms with Crippen LogP contribution < -0.4 is 5.73 Å². The fourth-order valence-corrected chi connectivity index (χ4v) is 0.228. The van der Waals surface area contributed by atoms with Crippen molar-refractivity contribution in [2.24, 2.45) is 5.73 Å². The van der Waals surface area contributed by atoms with Crippen LogP contribution in [0.4, 0.5) is 0 Å². The summed E-state index contributed by atoms with van der Waals surface area (Å²) in [7, 11) is 0. The predicted molar refractivity (Wildman–Crippen MR) is 34.2 cm³/mol. The minimum Gasteiger partial charge on any atom is -0.389 e. The summed E-state index contributed by atoms with van der Waals surface area (Å²) in [4.78, 5) is 0. The first-order valence-corrected chi connectivity index (χ1v) is 2.78. The fourth-order valence-electron chi connectivity index (χ4n) is 0.228. The van der Waals surface area contributed by atoms with E-state index in [-0.39, 0.29) is 6.04 Å². The molecule has 8 heavy (non-hydrogen) atoms. The Morgan fingerprint density at radius 1 is 1.88 bits per heavy atom. The molecule has 0 saturated carbocycles. The van der Waals surface area contributed by atoms with Crippen molar-refractivity contribution in [3.05, 3.63) is 6.92 Å². The van der Waals surface area contributed by atoms with Gasteiger partial charge in [-0.15, -0.1) is 0 Å². The van der Waals surface area contributed by atoms with Gasteiger partial charge in [0.05, 0.1) is 5.60 Å². The van der Waals surface area contributed by atoms with Crippen molar-refractivity contribution in [1.29, 1.82) is 0 Å². The largest absolute Gasteiger partial charge is 0.389 e. The Morgan fingerprint density at radius 2 is 2.25 bits per heavy atom. The van der Waals surface area contributed by atoms with Crippen LogP contribution in [0.25, 0.3) is 0 Å². The number of nitrogens with two attached hydrogens (primary N) is 1. The van der Waals surface area contributed by atoms with E-state index in [0.717, 1.165) is 0 Å². The van der Waals surface area contributed by atoms with Gasteiger partial charge in [0.1, 0.15) is 0 Å². The highest BCUT2D eigenvalue weighted by atomic mass is 16.3. The zero-order valence-corrected chi connectivity index (χ0v) is 5.52. The van der Waals surface area contributed by atoms with Crippen LogP contribution in [0.1, 0.15) is 20.3 Å². The molecule has 49 valence electrons. The molecule has 0 aromatic carbocycles. The van der Waals surface area contributed by atoms with Crippen LogP contribution in [0.5, 0.6) is 0 Å². The Kier molecular flexibility index (Phi) is 2.44. The second-order valence-electron chi connectivity index (χ2n) is 2.40. The number of rotatable bonds is 2. The molecule has 0 aromatic rings. The van der Waals surface area contributed by atoms with Gasteiger partial charge in [-0.25, -0.2) is 0 Å². The lowest BCUT2D eigenvalue weighted by Crippen LogP contribution is -2.42. The normalized spacial score (nSPS) is 22.1. The lowest BCUT2D eigenvalue weighted by atomic mass is 9.96. The van der Waals surface area contributed by atoms with Crippen molar-refractivity contribution < 1.29 is 5.11 Å². The predicted octanol–water partition coefficient (Wildman–Crippen LogP) is 0.309. The third kappa shape index (κ3) is 1.80. The Hall–Kier alpha value is -0.0800. The zero-order chi connectivity index (χ0) is 6.78. The summed E-state index contributed by atoms with van der Waals surface area (Å²) in [5.41, 5.74) is 4.60. The molecule has 0 heterocycles. The molecule has 0 spiro atoms. The Labute approximate surface area is 50.7 Å². The van der Waals surface area contributed by atoms with Gasteiger partial charge >= 0.3 is 0 Å². The zero-order valence-electron chi connectivity index (χ0n) is 5.52. The summed E-state index contributed by atoms with van der Waals surface area (Å²) in [6, 6.07) is -0.194. The molecule has 0 aliphatic heterocycles. The first kappa shape index (κ1) is 7.92. The Morgan fingerprint density at radius 3 is 2.25 bits per heavy atom. The Bertz CT molecular complexity index is 68.9. The van der Waals surface area contributed by atoms with Crippen molar-refractivity contribution >= 4 is 0 Å². The molecule has 0 aliphatic rings. The lowest BCUT2D eigenvalue weighted by Gasteiger charge is -2.25. The van der Waals surface area contributed by atoms with E-state index in [4.69, 9.17) is 5.73 Å². The summed E-state index contributed by atoms with van der Waals surface area (Å²) in [5, 5.41) is 9.21. The van der Waals surface area contributed by atoms with E-state index in [1.54, 1.807) is 13.8 Å². The van der Waals surface area contributed by atoms with E-state index in [1.165, 1.54) is 0 Å². The van der Waals surface area contributed by atoms with Gasteiger partial charge in [-0.05, 0) is 20.3 Å². The minimum absolute atomic E-state index is 0.194. The summed E-state index contributed by atoms with van der Waals surface area (Å²) in [6.07, 6.45) is 0.463. The van der Waals surface area contributed by atoms with E-state index >= 15 is 0 Å². The van der Waals surface area contributed by atoms with Crippen molar-refractivity contribution in [1.82, 2.24) is 0 Å². The van der Waals surface area contributed by atoms with Crippen LogP contribution in [0, 0.1) is 6.92 Å². The third-order valence-electron chi connectivity index (χ3n) is 1.49. The van der Waals surface area contributed by atoms with Gasteiger partial charge in [-0.3, -0.25) is 0 Å². The average Bonchev–Trinajstić information content (AvgIpc) is 1.67. The van der Waals surface area contributed by atoms with Gasteiger partial charge in [0, 0.05) is 6.04 Å². The summed E-state index contributed by atoms with van der Waals surface area (Å²) in [6.45, 7) is 7.00. The molecule has 2 nitrogen and oxygen atoms in total. The van der Waals surface area contributed by atoms with Crippen LogP contribution in [0.3, 0.4) is 0 Å². The van der Waals surface area contributed by atoms with Gasteiger partial charge in [0.15, 0.2) is 0 Å². The molecular weight excluding hydrogens is 102 g/mol. The van der Waals surface area contributed by atoms with Crippen molar-refractivity contribution in [2.75, 3.05) is 0 Å². The van der Waals surface area contributed by atoms with Gasteiger partial charge in [0.2, 0.25) is 0 Å². The molecule has 2 heteroatoms. The molecule has 0 bridgehead atoms. The SMILES string of the molecule is [CH2]CC(C)(O)C(C)N. The monoisotopic (exact) mass is 116 g/mol. The molecular formula is C6H14NO. The number of hydrogen-bond donors (Lipinski definition) is 2. The second-order valence-corrected chi connectivity index (χ2v) is 2.40. The minimum atomic E-state index is -0.792. The van der Waals surface area contributed by atoms with Crippen molar-refractivity contribution in [3.63, 3.8) is 0 Å². The van der Waals surface area contributed by atoms with Crippen LogP contribution in [0.2, 0.25) is 0 Å². The van der Waals surface area contributed by atoms with Crippen LogP contribution in [-0.4, -0.2) is 16.7 Å². The van der Waals surface area contributed by atoms with Gasteiger partial charge < -0.3 is 10.8 Å². The molecule has 2 unspecified atom stereocenters. The number of hydrogen-bond acceptors (Lipinski definition) is 2. The quantitative estimate of drug-likeness (QED) is 0.545. The Balaban J connectivity index is 3.71. The standard InChI is InChI=1S/C6H14NO/c1-4-6(3,8)5(2)7/h5,8H,1,4,7H2,2-3H3. The first-order valence-electron chi connectivity index (χ1n) is 2.78. The lowest BCUT2D eigenvalue weighted by molar-refractivity contribution is 0.0409. The van der Waals surface area contributed by atoms with Crippen molar-refractivity contribution in [3.8, 4) is 0 Å². The fraction of sp³-hybridized carbons (Fsp3) is 0.833. The molecule has 0 saturated heterocycles. The highest BCUT2D eigenvalue weighted by molar-refractivity contribution is 4.81. The van der Waals surface area contributed by atoms with Gasteiger partial charge in [-0.2, -0.15) is 0 Å². The van der Waals surface area contributed by atoms with Gasteiger partial charge in [0.25, 0.3) is 0 Å². The topological polar surface area (TPSA) is 46.2 Å². The van der Waals surface area contributed by atoms with Gasteiger partial charge in [-0.1, -0.05) is 6.92 Å². The molecule has 0 aliphatic carbocycles. The summed E-state index contributed by atoms with van der Waals surface area (Å²) >= 11 is 0. The molecule has 1 radical (unpaired) electrons.